The normalized spacial score (nSPS) is 12.2. The molecule has 1 unspecified atom stereocenters. The molecule has 8 nitrogen and oxygen atoms in total. The molecule has 1 heterocycles. The molecule has 0 saturated heterocycles. The zero-order valence-electron chi connectivity index (χ0n) is 19.6. The number of sulfonamides is 1. The van der Waals surface area contributed by atoms with E-state index >= 15 is 0 Å². The van der Waals surface area contributed by atoms with Gasteiger partial charge >= 0.3 is 0 Å². The van der Waals surface area contributed by atoms with E-state index in [1.165, 1.54) is 30.6 Å². The lowest BCUT2D eigenvalue weighted by atomic mass is 10.2. The Hall–Kier alpha value is -3.98. The van der Waals surface area contributed by atoms with Crippen molar-refractivity contribution in [2.24, 2.45) is 0 Å². The van der Waals surface area contributed by atoms with Crippen molar-refractivity contribution in [1.29, 1.82) is 0 Å². The van der Waals surface area contributed by atoms with Crippen LogP contribution in [0.2, 0.25) is 0 Å². The zero-order valence-corrected chi connectivity index (χ0v) is 20.4. The Morgan fingerprint density at radius 3 is 2.31 bits per heavy atom. The molecule has 1 amide bonds. The minimum atomic E-state index is -3.74. The van der Waals surface area contributed by atoms with E-state index < -0.39 is 10.0 Å². The average Bonchev–Trinajstić information content (AvgIpc) is 3.32. The maximum Gasteiger partial charge on any atom is 0.264 e. The first-order valence-corrected chi connectivity index (χ1v) is 12.4. The van der Waals surface area contributed by atoms with E-state index in [2.05, 4.69) is 5.32 Å². The fourth-order valence-corrected chi connectivity index (χ4v) is 4.71. The summed E-state index contributed by atoms with van der Waals surface area (Å²) in [5.41, 5.74) is 1.22. The molecule has 4 aromatic rings. The molecule has 35 heavy (non-hydrogen) atoms. The van der Waals surface area contributed by atoms with Crippen LogP contribution in [0.25, 0.3) is 11.0 Å². The van der Waals surface area contributed by atoms with E-state index in [0.29, 0.717) is 22.9 Å². The van der Waals surface area contributed by atoms with Crippen molar-refractivity contribution in [3.63, 3.8) is 0 Å². The van der Waals surface area contributed by atoms with Crippen LogP contribution in [0.15, 0.2) is 88.2 Å². The number of carbonyl (C=O) groups excluding carboxylic acids is 1. The Labute approximate surface area is 204 Å². The molecule has 1 aromatic heterocycles. The maximum absolute atomic E-state index is 12.9. The smallest absolute Gasteiger partial charge is 0.264 e. The van der Waals surface area contributed by atoms with Gasteiger partial charge in [0.25, 0.3) is 15.9 Å². The number of carbonyl (C=O) groups is 1. The highest BCUT2D eigenvalue weighted by Crippen LogP contribution is 2.26. The Bertz CT molecular complexity index is 1380. The van der Waals surface area contributed by atoms with E-state index in [1.807, 2.05) is 37.3 Å². The molecule has 3 aromatic carbocycles. The van der Waals surface area contributed by atoms with Crippen molar-refractivity contribution in [3.05, 3.63) is 84.6 Å². The number of fused-ring (bicyclic) bond motifs is 1. The third-order valence-electron chi connectivity index (χ3n) is 5.54. The van der Waals surface area contributed by atoms with Crippen molar-refractivity contribution in [2.45, 2.75) is 17.9 Å². The molecule has 0 aliphatic carbocycles. The molecular formula is C26H26N2O6S. The average molecular weight is 495 g/mol. The molecule has 0 fully saturated rings. The van der Waals surface area contributed by atoms with Crippen molar-refractivity contribution in [3.8, 4) is 11.5 Å². The van der Waals surface area contributed by atoms with Crippen LogP contribution < -0.4 is 19.1 Å². The molecule has 9 heteroatoms. The number of amides is 1. The minimum Gasteiger partial charge on any atom is -0.497 e. The summed E-state index contributed by atoms with van der Waals surface area (Å²) in [4.78, 5) is 12.5. The number of methoxy groups -OCH3 is 1. The highest BCUT2D eigenvalue weighted by atomic mass is 32.2. The third-order valence-corrected chi connectivity index (χ3v) is 7.34. The van der Waals surface area contributed by atoms with Gasteiger partial charge in [0, 0.05) is 12.4 Å². The number of benzene rings is 3. The summed E-state index contributed by atoms with van der Waals surface area (Å²) in [7, 11) is -0.749. The molecule has 1 N–H and O–H groups in total. The molecule has 0 bridgehead atoms. The van der Waals surface area contributed by atoms with Crippen molar-refractivity contribution in [2.75, 3.05) is 25.1 Å². The number of anilines is 1. The van der Waals surface area contributed by atoms with Crippen molar-refractivity contribution < 1.29 is 27.1 Å². The number of ether oxygens (including phenoxy) is 2. The minimum absolute atomic E-state index is 0.149. The Morgan fingerprint density at radius 1 is 1.00 bits per heavy atom. The Morgan fingerprint density at radius 2 is 1.66 bits per heavy atom. The Balaban J connectivity index is 1.34. The highest BCUT2D eigenvalue weighted by Gasteiger charge is 2.21. The first-order valence-electron chi connectivity index (χ1n) is 10.9. The fourth-order valence-electron chi connectivity index (χ4n) is 3.52. The number of hydrogen-bond acceptors (Lipinski definition) is 6. The van der Waals surface area contributed by atoms with Crippen LogP contribution in [0.3, 0.4) is 0 Å². The Kier molecular flexibility index (Phi) is 6.97. The second-order valence-electron chi connectivity index (χ2n) is 7.91. The van der Waals surface area contributed by atoms with Crippen LogP contribution in [-0.4, -0.2) is 35.1 Å². The van der Waals surface area contributed by atoms with Gasteiger partial charge in [0.2, 0.25) is 0 Å². The summed E-state index contributed by atoms with van der Waals surface area (Å²) in [6.45, 7) is 1.65. The van der Waals surface area contributed by atoms with Gasteiger partial charge in [-0.25, -0.2) is 8.42 Å². The number of para-hydroxylation sites is 1. The number of hydrogen-bond donors (Lipinski definition) is 1. The van der Waals surface area contributed by atoms with Crippen LogP contribution in [0.5, 0.6) is 11.5 Å². The lowest BCUT2D eigenvalue weighted by molar-refractivity contribution is -0.123. The summed E-state index contributed by atoms with van der Waals surface area (Å²) >= 11 is 0. The van der Waals surface area contributed by atoms with Crippen LogP contribution in [0, 0.1) is 0 Å². The summed E-state index contributed by atoms with van der Waals surface area (Å²) in [5, 5.41) is 3.82. The quantitative estimate of drug-likeness (QED) is 0.367. The highest BCUT2D eigenvalue weighted by molar-refractivity contribution is 7.92. The molecule has 182 valence electrons. The van der Waals surface area contributed by atoms with Crippen molar-refractivity contribution in [1.82, 2.24) is 5.32 Å². The van der Waals surface area contributed by atoms with Gasteiger partial charge in [-0.15, -0.1) is 0 Å². The van der Waals surface area contributed by atoms with E-state index in [1.54, 1.807) is 36.4 Å². The largest absolute Gasteiger partial charge is 0.497 e. The number of furan rings is 1. The van der Waals surface area contributed by atoms with Crippen LogP contribution in [-0.2, 0) is 14.8 Å². The fraction of sp³-hybridized carbons (Fsp3) is 0.192. The lowest BCUT2D eigenvalue weighted by Crippen LogP contribution is -2.31. The van der Waals surface area contributed by atoms with E-state index in [-0.39, 0.29) is 23.5 Å². The summed E-state index contributed by atoms with van der Waals surface area (Å²) in [6.07, 6.45) is 0. The molecule has 4 rings (SSSR count). The number of rotatable bonds is 9. The van der Waals surface area contributed by atoms with Crippen molar-refractivity contribution >= 4 is 32.6 Å². The molecule has 0 radical (unpaired) electrons. The standard InChI is InChI=1S/C26H26N2O6S/c1-18(25-16-19-6-4-5-7-24(19)34-25)27-26(29)17-33-22-10-8-20(9-11-22)28(2)35(30,31)23-14-12-21(32-3)13-15-23/h4-16,18H,17H2,1-3H3,(H,27,29). The van der Waals surface area contributed by atoms with E-state index in [0.717, 1.165) is 11.0 Å². The molecular weight excluding hydrogens is 468 g/mol. The number of nitrogens with zero attached hydrogens (tertiary/aromatic N) is 1. The van der Waals surface area contributed by atoms with Gasteiger partial charge < -0.3 is 19.2 Å². The topological polar surface area (TPSA) is 98.1 Å². The van der Waals surface area contributed by atoms with Crippen LogP contribution >= 0.6 is 0 Å². The second kappa shape index (κ2) is 10.1. The predicted molar refractivity (Wildman–Crippen MR) is 133 cm³/mol. The van der Waals surface area contributed by atoms with Gasteiger partial charge in [0.1, 0.15) is 22.8 Å². The van der Waals surface area contributed by atoms with Gasteiger partial charge in [-0.2, -0.15) is 0 Å². The van der Waals surface area contributed by atoms with Gasteiger partial charge in [0.05, 0.1) is 23.7 Å². The van der Waals surface area contributed by atoms with Crippen LogP contribution in [0.4, 0.5) is 5.69 Å². The maximum atomic E-state index is 12.9. The van der Waals surface area contributed by atoms with Gasteiger partial charge in [-0.3, -0.25) is 9.10 Å². The first-order chi connectivity index (χ1) is 16.8. The van der Waals surface area contributed by atoms with Crippen LogP contribution in [0.1, 0.15) is 18.7 Å². The zero-order chi connectivity index (χ0) is 25.0. The molecule has 1 atom stereocenters. The molecule has 0 spiro atoms. The monoisotopic (exact) mass is 494 g/mol. The SMILES string of the molecule is COc1ccc(S(=O)(=O)N(C)c2ccc(OCC(=O)NC(C)c3cc4ccccc4o3)cc2)cc1. The van der Waals surface area contributed by atoms with Gasteiger partial charge in [-0.1, -0.05) is 18.2 Å². The summed E-state index contributed by atoms with van der Waals surface area (Å²) < 4.78 is 43.4. The van der Waals surface area contributed by atoms with E-state index in [4.69, 9.17) is 13.9 Å². The summed E-state index contributed by atoms with van der Waals surface area (Å²) in [6, 6.07) is 21.9. The predicted octanol–water partition coefficient (Wildman–Crippen LogP) is 4.52. The van der Waals surface area contributed by atoms with E-state index in [9.17, 15) is 13.2 Å². The second-order valence-corrected chi connectivity index (χ2v) is 9.88. The number of nitrogens with one attached hydrogen (secondary N) is 1. The molecule has 0 aliphatic rings. The van der Waals surface area contributed by atoms with Gasteiger partial charge in [-0.05, 0) is 67.6 Å². The molecule has 0 aliphatic heterocycles. The summed E-state index contributed by atoms with van der Waals surface area (Å²) in [5.74, 6) is 1.37. The molecule has 0 saturated carbocycles. The first kappa shape index (κ1) is 24.2. The third kappa shape index (κ3) is 5.41. The van der Waals surface area contributed by atoms with Gasteiger partial charge in [0.15, 0.2) is 6.61 Å². The lowest BCUT2D eigenvalue weighted by Gasteiger charge is -2.20.